The molecular weight excluding hydrogens is 412 g/mol. The van der Waals surface area contributed by atoms with Crippen LogP contribution in [-0.2, 0) is 24.2 Å². The summed E-state index contributed by atoms with van der Waals surface area (Å²) in [6.45, 7) is 0.857. The molecule has 1 saturated carbocycles. The van der Waals surface area contributed by atoms with Crippen LogP contribution >= 0.6 is 0 Å². The Morgan fingerprint density at radius 2 is 1.70 bits per heavy atom. The van der Waals surface area contributed by atoms with Crippen LogP contribution in [0.25, 0.3) is 11.4 Å². The molecule has 33 heavy (non-hydrogen) atoms. The number of imidazole rings is 1. The highest BCUT2D eigenvalue weighted by atomic mass is 16.2. The second kappa shape index (κ2) is 9.61. The van der Waals surface area contributed by atoms with E-state index in [9.17, 15) is 9.59 Å². The Labute approximate surface area is 194 Å². The van der Waals surface area contributed by atoms with Crippen LogP contribution in [0.5, 0.6) is 0 Å². The smallest absolute Gasteiger partial charge is 0.272 e. The van der Waals surface area contributed by atoms with Gasteiger partial charge in [-0.3, -0.25) is 9.59 Å². The molecule has 5 rings (SSSR count). The molecule has 1 aliphatic carbocycles. The molecule has 2 aromatic carbocycles. The minimum Gasteiger partial charge on any atom is -0.352 e. The molecule has 1 aliphatic heterocycles. The maximum Gasteiger partial charge on any atom is 0.272 e. The topological polar surface area (TPSA) is 76.0 Å². The van der Waals surface area contributed by atoms with Crippen LogP contribution < -0.4 is 10.6 Å². The Morgan fingerprint density at radius 3 is 2.42 bits per heavy atom. The van der Waals surface area contributed by atoms with Crippen molar-refractivity contribution < 1.29 is 9.59 Å². The molecule has 1 atom stereocenters. The second-order valence-electron chi connectivity index (χ2n) is 9.06. The lowest BCUT2D eigenvalue weighted by Gasteiger charge is -2.18. The first-order chi connectivity index (χ1) is 16.2. The van der Waals surface area contributed by atoms with Gasteiger partial charge in [0.2, 0.25) is 5.91 Å². The summed E-state index contributed by atoms with van der Waals surface area (Å²) in [6.07, 6.45) is 6.53. The van der Waals surface area contributed by atoms with Gasteiger partial charge in [-0.05, 0) is 37.7 Å². The summed E-state index contributed by atoms with van der Waals surface area (Å²) in [6, 6.07) is 19.5. The van der Waals surface area contributed by atoms with Gasteiger partial charge in [0.15, 0.2) is 0 Å². The van der Waals surface area contributed by atoms with Gasteiger partial charge < -0.3 is 15.2 Å². The van der Waals surface area contributed by atoms with Crippen LogP contribution in [-0.4, -0.2) is 33.4 Å². The van der Waals surface area contributed by atoms with Crippen molar-refractivity contribution in [1.29, 1.82) is 0 Å². The summed E-state index contributed by atoms with van der Waals surface area (Å²) in [5, 5.41) is 6.08. The number of aromatic nitrogens is 2. The largest absolute Gasteiger partial charge is 0.352 e. The molecule has 2 amide bonds. The predicted octanol–water partition coefficient (Wildman–Crippen LogP) is 3.90. The van der Waals surface area contributed by atoms with E-state index in [4.69, 9.17) is 4.98 Å². The Balaban J connectivity index is 1.44. The second-order valence-corrected chi connectivity index (χ2v) is 9.06. The summed E-state index contributed by atoms with van der Waals surface area (Å²) in [4.78, 5) is 31.3. The number of carbonyl (C=O) groups is 2. The van der Waals surface area contributed by atoms with Crippen molar-refractivity contribution >= 4 is 11.8 Å². The molecule has 1 fully saturated rings. The van der Waals surface area contributed by atoms with Crippen LogP contribution in [0.4, 0.5) is 0 Å². The van der Waals surface area contributed by atoms with Gasteiger partial charge in [-0.25, -0.2) is 4.98 Å². The van der Waals surface area contributed by atoms with Crippen molar-refractivity contribution in [1.82, 2.24) is 20.2 Å². The third kappa shape index (κ3) is 5.00. The van der Waals surface area contributed by atoms with E-state index >= 15 is 0 Å². The summed E-state index contributed by atoms with van der Waals surface area (Å²) in [5.74, 6) is 0.442. The van der Waals surface area contributed by atoms with Crippen molar-refractivity contribution in [3.8, 4) is 11.4 Å². The third-order valence-electron chi connectivity index (χ3n) is 6.44. The quantitative estimate of drug-likeness (QED) is 0.583. The molecule has 0 radical (unpaired) electrons. The first kappa shape index (κ1) is 21.4. The lowest BCUT2D eigenvalue weighted by molar-refractivity contribution is -0.123. The predicted molar refractivity (Wildman–Crippen MR) is 128 cm³/mol. The van der Waals surface area contributed by atoms with Crippen LogP contribution in [0.1, 0.15) is 53.8 Å². The molecule has 3 aromatic rings. The number of hydrogen-bond donors (Lipinski definition) is 2. The van der Waals surface area contributed by atoms with Gasteiger partial charge in [0.1, 0.15) is 17.6 Å². The zero-order chi connectivity index (χ0) is 22.6. The summed E-state index contributed by atoms with van der Waals surface area (Å²) < 4.78 is 2.20. The van der Waals surface area contributed by atoms with E-state index in [1.807, 2.05) is 60.7 Å². The van der Waals surface area contributed by atoms with Gasteiger partial charge in [0, 0.05) is 24.6 Å². The molecule has 0 spiro atoms. The molecule has 2 heterocycles. The average Bonchev–Trinajstić information content (AvgIpc) is 3.63. The van der Waals surface area contributed by atoms with Gasteiger partial charge in [-0.15, -0.1) is 0 Å². The number of carbonyl (C=O) groups excluding carboxylic acids is 2. The molecule has 2 N–H and O–H groups in total. The van der Waals surface area contributed by atoms with Gasteiger partial charge in [-0.1, -0.05) is 67.1 Å². The fourth-order valence-corrected chi connectivity index (χ4v) is 4.52. The van der Waals surface area contributed by atoms with Crippen LogP contribution in [0.15, 0.2) is 60.7 Å². The minimum absolute atomic E-state index is 0.122. The van der Waals surface area contributed by atoms with Gasteiger partial charge in [-0.2, -0.15) is 0 Å². The Kier molecular flexibility index (Phi) is 6.24. The van der Waals surface area contributed by atoms with Gasteiger partial charge >= 0.3 is 0 Å². The van der Waals surface area contributed by atoms with Crippen molar-refractivity contribution in [2.24, 2.45) is 0 Å². The third-order valence-corrected chi connectivity index (χ3v) is 6.44. The Hall–Kier alpha value is -3.41. The minimum atomic E-state index is -0.635. The molecular formula is C27H30N4O2. The van der Waals surface area contributed by atoms with Crippen molar-refractivity contribution in [2.45, 2.75) is 63.6 Å². The lowest BCUT2D eigenvalue weighted by Crippen LogP contribution is -2.48. The number of benzene rings is 2. The fraction of sp³-hybridized carbons (Fsp3) is 0.370. The molecule has 1 unspecified atom stereocenters. The number of hydrogen-bond acceptors (Lipinski definition) is 3. The van der Waals surface area contributed by atoms with E-state index in [0.717, 1.165) is 67.7 Å². The van der Waals surface area contributed by atoms with Crippen molar-refractivity contribution in [3.63, 3.8) is 0 Å². The first-order valence-electron chi connectivity index (χ1n) is 12.0. The van der Waals surface area contributed by atoms with E-state index in [1.54, 1.807) is 0 Å². The first-order valence-corrected chi connectivity index (χ1v) is 12.0. The normalized spacial score (nSPS) is 16.4. The molecule has 0 saturated heterocycles. The molecule has 6 nitrogen and oxygen atoms in total. The van der Waals surface area contributed by atoms with E-state index < -0.39 is 6.04 Å². The standard InChI is InChI=1S/C27H30N4O2/c32-26(28-21-15-16-21)22(18-19-10-4-1-5-11-19)29-27(33)24-23-14-8-3-9-17-31(23)25(30-24)20-12-6-2-7-13-20/h1-2,4-7,10-13,21-22H,3,8-9,14-18H2,(H,28,32)(H,29,33). The maximum atomic E-state index is 13.5. The zero-order valence-electron chi connectivity index (χ0n) is 18.8. The fourth-order valence-electron chi connectivity index (χ4n) is 4.52. The number of amides is 2. The van der Waals surface area contributed by atoms with Crippen molar-refractivity contribution in [3.05, 3.63) is 77.6 Å². The number of nitrogens with one attached hydrogen (secondary N) is 2. The van der Waals surface area contributed by atoms with E-state index in [2.05, 4.69) is 15.2 Å². The molecule has 6 heteroatoms. The Morgan fingerprint density at radius 1 is 0.970 bits per heavy atom. The SMILES string of the molecule is O=C(NC(Cc1ccccc1)C(=O)NC1CC1)c1nc(-c2ccccc2)n2c1CCCCC2. The molecule has 170 valence electrons. The van der Waals surface area contributed by atoms with Crippen LogP contribution in [0, 0.1) is 0 Å². The van der Waals surface area contributed by atoms with Crippen molar-refractivity contribution in [2.75, 3.05) is 0 Å². The highest BCUT2D eigenvalue weighted by Crippen LogP contribution is 2.27. The summed E-state index contributed by atoms with van der Waals surface area (Å²) in [5.41, 5.74) is 3.45. The molecule has 2 aliphatic rings. The monoisotopic (exact) mass is 442 g/mol. The van der Waals surface area contributed by atoms with Crippen LogP contribution in [0.3, 0.4) is 0 Å². The molecule has 0 bridgehead atoms. The van der Waals surface area contributed by atoms with Gasteiger partial charge in [0.05, 0.1) is 5.69 Å². The molecule has 1 aromatic heterocycles. The maximum absolute atomic E-state index is 13.5. The lowest BCUT2D eigenvalue weighted by atomic mass is 10.0. The summed E-state index contributed by atoms with van der Waals surface area (Å²) in [7, 11) is 0. The number of nitrogens with zero attached hydrogens (tertiary/aromatic N) is 2. The summed E-state index contributed by atoms with van der Waals surface area (Å²) >= 11 is 0. The Bertz CT molecular complexity index is 1120. The average molecular weight is 443 g/mol. The highest BCUT2D eigenvalue weighted by molar-refractivity contribution is 5.97. The highest BCUT2D eigenvalue weighted by Gasteiger charge is 2.31. The van der Waals surface area contributed by atoms with Crippen LogP contribution in [0.2, 0.25) is 0 Å². The van der Waals surface area contributed by atoms with E-state index in [0.29, 0.717) is 12.1 Å². The number of fused-ring (bicyclic) bond motifs is 1. The van der Waals surface area contributed by atoms with E-state index in [-0.39, 0.29) is 17.9 Å². The zero-order valence-corrected chi connectivity index (χ0v) is 18.8. The van der Waals surface area contributed by atoms with E-state index in [1.165, 1.54) is 0 Å². The number of rotatable bonds is 7. The van der Waals surface area contributed by atoms with Gasteiger partial charge in [0.25, 0.3) is 5.91 Å².